The van der Waals surface area contributed by atoms with Crippen molar-refractivity contribution in [1.29, 1.82) is 0 Å². The molecule has 2 N–H and O–H groups in total. The molecule has 1 aliphatic heterocycles. The van der Waals surface area contributed by atoms with Crippen molar-refractivity contribution in [3.63, 3.8) is 0 Å². The molecule has 0 radical (unpaired) electrons. The fourth-order valence-corrected chi connectivity index (χ4v) is 2.10. The van der Waals surface area contributed by atoms with Gasteiger partial charge in [-0.1, -0.05) is 6.92 Å². The van der Waals surface area contributed by atoms with Crippen molar-refractivity contribution in [2.75, 3.05) is 26.7 Å². The minimum absolute atomic E-state index is 0.680. The van der Waals surface area contributed by atoms with Gasteiger partial charge in [-0.25, -0.2) is 0 Å². The van der Waals surface area contributed by atoms with Crippen molar-refractivity contribution < 1.29 is 9.90 Å². The lowest BCUT2D eigenvalue weighted by Crippen LogP contribution is -2.52. The Labute approximate surface area is 91.6 Å². The first-order valence-corrected chi connectivity index (χ1v) is 5.78. The summed E-state index contributed by atoms with van der Waals surface area (Å²) in [6.45, 7) is 4.72. The Morgan fingerprint density at radius 1 is 1.47 bits per heavy atom. The number of carboxylic acids is 1. The van der Waals surface area contributed by atoms with Gasteiger partial charge in [-0.05, 0) is 45.8 Å². The van der Waals surface area contributed by atoms with Gasteiger partial charge in [0.1, 0.15) is 5.54 Å². The van der Waals surface area contributed by atoms with Crippen LogP contribution < -0.4 is 5.32 Å². The number of aliphatic carboxylic acids is 1. The highest BCUT2D eigenvalue weighted by atomic mass is 16.4. The van der Waals surface area contributed by atoms with Gasteiger partial charge in [-0.3, -0.25) is 4.79 Å². The molecule has 1 saturated heterocycles. The van der Waals surface area contributed by atoms with Crippen molar-refractivity contribution in [1.82, 2.24) is 10.2 Å². The summed E-state index contributed by atoms with van der Waals surface area (Å²) in [6, 6.07) is 0. The van der Waals surface area contributed by atoms with Gasteiger partial charge in [0, 0.05) is 6.54 Å². The number of nitrogens with zero attached hydrogens (tertiary/aromatic N) is 1. The van der Waals surface area contributed by atoms with Crippen LogP contribution in [0.2, 0.25) is 0 Å². The lowest BCUT2D eigenvalue weighted by molar-refractivity contribution is -0.145. The monoisotopic (exact) mass is 214 g/mol. The van der Waals surface area contributed by atoms with Crippen LogP contribution in [-0.4, -0.2) is 48.2 Å². The number of carbonyl (C=O) groups is 1. The molecular weight excluding hydrogens is 192 g/mol. The van der Waals surface area contributed by atoms with Crippen LogP contribution in [0, 0.1) is 0 Å². The number of rotatable bonds is 4. The third-order valence-corrected chi connectivity index (χ3v) is 3.19. The summed E-state index contributed by atoms with van der Waals surface area (Å²) in [5.41, 5.74) is -0.680. The average Bonchev–Trinajstić information content (AvgIpc) is 2.39. The molecule has 0 spiro atoms. The van der Waals surface area contributed by atoms with Crippen LogP contribution in [-0.2, 0) is 4.79 Å². The van der Waals surface area contributed by atoms with Gasteiger partial charge in [0.15, 0.2) is 0 Å². The molecule has 1 aliphatic rings. The molecule has 1 atom stereocenters. The van der Waals surface area contributed by atoms with E-state index in [1.54, 1.807) is 0 Å². The van der Waals surface area contributed by atoms with Gasteiger partial charge >= 0.3 is 5.97 Å². The lowest BCUT2D eigenvalue weighted by Gasteiger charge is -2.29. The van der Waals surface area contributed by atoms with E-state index in [0.717, 1.165) is 38.9 Å². The van der Waals surface area contributed by atoms with Crippen LogP contribution in [0.1, 0.15) is 32.6 Å². The minimum Gasteiger partial charge on any atom is -0.480 e. The fraction of sp³-hybridized carbons (Fsp3) is 0.909. The summed E-state index contributed by atoms with van der Waals surface area (Å²) in [6.07, 6.45) is 3.38. The Bertz CT molecular complexity index is 217. The van der Waals surface area contributed by atoms with Crippen molar-refractivity contribution in [2.24, 2.45) is 0 Å². The Morgan fingerprint density at radius 3 is 2.80 bits per heavy atom. The Hall–Kier alpha value is -0.610. The summed E-state index contributed by atoms with van der Waals surface area (Å²) in [5.74, 6) is -0.689. The summed E-state index contributed by atoms with van der Waals surface area (Å²) in [4.78, 5) is 13.6. The molecule has 0 aromatic heterocycles. The highest BCUT2D eigenvalue weighted by Crippen LogP contribution is 2.22. The second kappa shape index (κ2) is 5.47. The van der Waals surface area contributed by atoms with E-state index in [0.29, 0.717) is 6.42 Å². The van der Waals surface area contributed by atoms with Crippen LogP contribution in [0.15, 0.2) is 0 Å². The zero-order valence-electron chi connectivity index (χ0n) is 9.75. The maximum absolute atomic E-state index is 11.4. The van der Waals surface area contributed by atoms with E-state index in [1.807, 2.05) is 0 Å². The molecule has 0 aromatic rings. The van der Waals surface area contributed by atoms with Crippen molar-refractivity contribution in [3.05, 3.63) is 0 Å². The average molecular weight is 214 g/mol. The third-order valence-electron chi connectivity index (χ3n) is 3.19. The Balaban J connectivity index is 2.66. The van der Waals surface area contributed by atoms with E-state index < -0.39 is 11.5 Å². The number of hydrogen-bond donors (Lipinski definition) is 2. The zero-order valence-corrected chi connectivity index (χ0v) is 9.75. The molecule has 0 aliphatic carbocycles. The number of nitrogens with one attached hydrogen (secondary N) is 1. The van der Waals surface area contributed by atoms with Crippen molar-refractivity contribution in [2.45, 2.75) is 38.1 Å². The quantitative estimate of drug-likeness (QED) is 0.731. The van der Waals surface area contributed by atoms with E-state index in [2.05, 4.69) is 24.2 Å². The maximum Gasteiger partial charge on any atom is 0.323 e. The Morgan fingerprint density at radius 2 is 2.20 bits per heavy atom. The van der Waals surface area contributed by atoms with Crippen LogP contribution >= 0.6 is 0 Å². The fourth-order valence-electron chi connectivity index (χ4n) is 2.10. The molecule has 1 unspecified atom stereocenters. The van der Waals surface area contributed by atoms with E-state index in [-0.39, 0.29) is 0 Å². The molecule has 1 heterocycles. The molecule has 15 heavy (non-hydrogen) atoms. The molecule has 1 rings (SSSR count). The predicted molar refractivity (Wildman–Crippen MR) is 60.0 cm³/mol. The first-order chi connectivity index (χ1) is 7.10. The van der Waals surface area contributed by atoms with Crippen LogP contribution in [0.4, 0.5) is 0 Å². The molecule has 0 amide bonds. The summed E-state index contributed by atoms with van der Waals surface area (Å²) >= 11 is 0. The molecule has 0 bridgehead atoms. The second-order valence-corrected chi connectivity index (χ2v) is 4.47. The molecular formula is C11H22N2O2. The largest absolute Gasteiger partial charge is 0.480 e. The normalized spacial score (nSPS) is 28.7. The van der Waals surface area contributed by atoms with E-state index in [4.69, 9.17) is 0 Å². The van der Waals surface area contributed by atoms with Crippen LogP contribution in [0.5, 0.6) is 0 Å². The third kappa shape index (κ3) is 3.18. The Kier molecular flexibility index (Phi) is 4.54. The number of hydrogen-bond acceptors (Lipinski definition) is 3. The zero-order chi connectivity index (χ0) is 11.3. The lowest BCUT2D eigenvalue weighted by atomic mass is 9.90. The smallest absolute Gasteiger partial charge is 0.323 e. The van der Waals surface area contributed by atoms with Crippen molar-refractivity contribution >= 4 is 5.97 Å². The standard InChI is InChI=1S/C11H22N2O2/c1-3-7-12-11(10(14)15)5-4-8-13(2)9-6-11/h12H,3-9H2,1-2H3,(H,14,15). The van der Waals surface area contributed by atoms with Crippen LogP contribution in [0.3, 0.4) is 0 Å². The first kappa shape index (κ1) is 12.5. The molecule has 4 heteroatoms. The highest BCUT2D eigenvalue weighted by Gasteiger charge is 2.38. The molecule has 0 aromatic carbocycles. The molecule has 0 saturated carbocycles. The number of carboxylic acid groups (broad SMARTS) is 1. The van der Waals surface area contributed by atoms with E-state index in [9.17, 15) is 9.90 Å². The predicted octanol–water partition coefficient (Wildman–Crippen LogP) is 0.925. The van der Waals surface area contributed by atoms with Gasteiger partial charge in [0.25, 0.3) is 0 Å². The molecule has 88 valence electrons. The van der Waals surface area contributed by atoms with E-state index >= 15 is 0 Å². The second-order valence-electron chi connectivity index (χ2n) is 4.47. The van der Waals surface area contributed by atoms with Crippen molar-refractivity contribution in [3.8, 4) is 0 Å². The molecule has 4 nitrogen and oxygen atoms in total. The topological polar surface area (TPSA) is 52.6 Å². The van der Waals surface area contributed by atoms with E-state index in [1.165, 1.54) is 0 Å². The first-order valence-electron chi connectivity index (χ1n) is 5.78. The summed E-state index contributed by atoms with van der Waals surface area (Å²) in [5, 5.41) is 12.6. The maximum atomic E-state index is 11.4. The van der Waals surface area contributed by atoms with Crippen LogP contribution in [0.25, 0.3) is 0 Å². The summed E-state index contributed by atoms with van der Waals surface area (Å²) < 4.78 is 0. The number of likely N-dealkylation sites (tertiary alicyclic amines) is 1. The summed E-state index contributed by atoms with van der Waals surface area (Å²) in [7, 11) is 2.05. The van der Waals surface area contributed by atoms with Gasteiger partial charge in [0.05, 0.1) is 0 Å². The molecule has 1 fully saturated rings. The minimum atomic E-state index is -0.689. The SMILES string of the molecule is CCCNC1(C(=O)O)CCCN(C)CC1. The van der Waals surface area contributed by atoms with Gasteiger partial charge < -0.3 is 15.3 Å². The van der Waals surface area contributed by atoms with Gasteiger partial charge in [0.2, 0.25) is 0 Å². The van der Waals surface area contributed by atoms with Gasteiger partial charge in [-0.15, -0.1) is 0 Å². The highest BCUT2D eigenvalue weighted by molar-refractivity contribution is 5.78. The van der Waals surface area contributed by atoms with Gasteiger partial charge in [-0.2, -0.15) is 0 Å².